The molecule has 2 heterocycles. The number of fused-ring (bicyclic) bond motifs is 2. The van der Waals surface area contributed by atoms with Crippen LogP contribution in [0.3, 0.4) is 0 Å². The lowest BCUT2D eigenvalue weighted by molar-refractivity contribution is -0.152. The van der Waals surface area contributed by atoms with Gasteiger partial charge in [-0.05, 0) is 45.2 Å². The first kappa shape index (κ1) is 30.6. The minimum absolute atomic E-state index is 0.0774. The van der Waals surface area contributed by atoms with Crippen molar-refractivity contribution < 1.29 is 43.1 Å². The lowest BCUT2D eigenvalue weighted by atomic mass is 9.99. The van der Waals surface area contributed by atoms with Crippen LogP contribution in [0.4, 0.5) is 0 Å². The number of carbonyl (C=O) groups is 2. The second-order valence-corrected chi connectivity index (χ2v) is 10.2. The summed E-state index contributed by atoms with van der Waals surface area (Å²) in [5.41, 5.74) is 0.780. The highest BCUT2D eigenvalue weighted by Gasteiger charge is 2.43. The molecule has 3 rings (SSSR count). The van der Waals surface area contributed by atoms with Crippen molar-refractivity contribution in [2.75, 3.05) is 27.1 Å². The van der Waals surface area contributed by atoms with Crippen LogP contribution in [-0.2, 0) is 23.7 Å². The average molecular weight is 548 g/mol. The van der Waals surface area contributed by atoms with E-state index in [9.17, 15) is 14.7 Å². The number of hydrogen-bond acceptors (Lipinski definition) is 9. The predicted molar refractivity (Wildman–Crippen MR) is 144 cm³/mol. The van der Waals surface area contributed by atoms with Gasteiger partial charge in [0.1, 0.15) is 35.4 Å². The number of aliphatic hydroxyl groups is 1. The molecule has 0 spiro atoms. The van der Waals surface area contributed by atoms with Crippen LogP contribution in [0.15, 0.2) is 30.4 Å². The summed E-state index contributed by atoms with van der Waals surface area (Å²) in [6, 6.07) is 3.37. The molecule has 1 unspecified atom stereocenters. The van der Waals surface area contributed by atoms with Crippen molar-refractivity contribution in [1.82, 2.24) is 5.32 Å². The Hall–Kier alpha value is -2.92. The first-order valence-electron chi connectivity index (χ1n) is 13.3. The maximum Gasteiger partial charge on any atom is 0.342 e. The van der Waals surface area contributed by atoms with Gasteiger partial charge in [-0.3, -0.25) is 4.79 Å². The third-order valence-electron chi connectivity index (χ3n) is 6.48. The molecule has 0 bridgehead atoms. The third kappa shape index (κ3) is 8.79. The van der Waals surface area contributed by atoms with E-state index in [1.807, 2.05) is 32.9 Å². The second kappa shape index (κ2) is 13.9. The molecule has 10 nitrogen and oxygen atoms in total. The van der Waals surface area contributed by atoms with E-state index in [0.29, 0.717) is 37.3 Å². The smallest absolute Gasteiger partial charge is 0.342 e. The molecule has 1 aromatic rings. The van der Waals surface area contributed by atoms with Crippen molar-refractivity contribution in [2.24, 2.45) is 5.92 Å². The molecular weight excluding hydrogens is 506 g/mol. The van der Waals surface area contributed by atoms with Gasteiger partial charge in [0.2, 0.25) is 5.91 Å². The van der Waals surface area contributed by atoms with Crippen LogP contribution in [0.2, 0.25) is 0 Å². The van der Waals surface area contributed by atoms with Crippen LogP contribution in [-0.4, -0.2) is 74.2 Å². The third-order valence-corrected chi connectivity index (χ3v) is 6.48. The van der Waals surface area contributed by atoms with Gasteiger partial charge >= 0.3 is 5.97 Å². The number of carbonyl (C=O) groups excluding carboxylic acids is 2. The molecule has 1 fully saturated rings. The Morgan fingerprint density at radius 2 is 1.95 bits per heavy atom. The quantitative estimate of drug-likeness (QED) is 0.218. The zero-order chi connectivity index (χ0) is 28.6. The van der Waals surface area contributed by atoms with Gasteiger partial charge in [-0.1, -0.05) is 31.2 Å². The summed E-state index contributed by atoms with van der Waals surface area (Å²) < 4.78 is 34.7. The van der Waals surface area contributed by atoms with Crippen LogP contribution in [0.25, 0.3) is 6.08 Å². The van der Waals surface area contributed by atoms with Crippen LogP contribution in [0, 0.1) is 5.92 Å². The molecular formula is C29H41NO9. The fraction of sp³-hybridized carbons (Fsp3) is 0.586. The normalized spacial score (nSPS) is 28.3. The molecule has 0 aliphatic carbocycles. The summed E-state index contributed by atoms with van der Waals surface area (Å²) in [4.78, 5) is 24.6. The highest BCUT2D eigenvalue weighted by Crippen LogP contribution is 2.35. The Bertz CT molecular complexity index is 1050. The maximum atomic E-state index is 13.4. The van der Waals surface area contributed by atoms with Crippen molar-refractivity contribution in [3.8, 4) is 11.5 Å². The number of methoxy groups -OCH3 is 1. The van der Waals surface area contributed by atoms with Crippen molar-refractivity contribution in [2.45, 2.75) is 77.7 Å². The van der Waals surface area contributed by atoms with Crippen LogP contribution >= 0.6 is 0 Å². The number of hydrogen-bond donors (Lipinski definition) is 2. The Labute approximate surface area is 230 Å². The fourth-order valence-electron chi connectivity index (χ4n) is 4.36. The highest BCUT2D eigenvalue weighted by atomic mass is 16.8. The van der Waals surface area contributed by atoms with E-state index in [4.69, 9.17) is 28.4 Å². The first-order valence-corrected chi connectivity index (χ1v) is 13.3. The first-order chi connectivity index (χ1) is 18.5. The summed E-state index contributed by atoms with van der Waals surface area (Å²) >= 11 is 0. The fourth-order valence-corrected chi connectivity index (χ4v) is 4.36. The SMILES string of the molecule is COCOc1cc(OCCCNC(C)=O)cc2c1C(=O)O[C@@H](C)[C@H](C)/C=C\C(O)[C@H]1OC(C)(C)O[C@H]1C/C=C/2. The molecule has 2 aliphatic heterocycles. The second-order valence-electron chi connectivity index (χ2n) is 10.2. The van der Waals surface area contributed by atoms with E-state index in [1.165, 1.54) is 14.0 Å². The highest BCUT2D eigenvalue weighted by molar-refractivity contribution is 5.97. The summed E-state index contributed by atoms with van der Waals surface area (Å²) in [5, 5.41) is 13.6. The van der Waals surface area contributed by atoms with E-state index < -0.39 is 36.2 Å². The predicted octanol–water partition coefficient (Wildman–Crippen LogP) is 3.61. The number of nitrogens with one attached hydrogen (secondary N) is 1. The van der Waals surface area contributed by atoms with E-state index >= 15 is 0 Å². The number of amides is 1. The minimum Gasteiger partial charge on any atom is -0.493 e. The standard InChI is InChI=1S/C29H41NO9/c1-18-11-12-23(32)27-24(38-29(4,5)39-27)10-7-9-21-15-22(35-14-8-13-30-20(3)31)16-25(36-17-34-6)26(21)28(33)37-19(18)2/h7,9,11-12,15-16,18-19,23-24,27,32H,8,10,13-14,17H2,1-6H3,(H,30,31)/b9-7+,12-11-/t18-,19+,23?,24+,27-/m1/s1. The number of esters is 1. The lowest BCUT2D eigenvalue weighted by Gasteiger charge is -2.23. The molecule has 1 aromatic carbocycles. The van der Waals surface area contributed by atoms with Crippen molar-refractivity contribution in [1.29, 1.82) is 0 Å². The summed E-state index contributed by atoms with van der Waals surface area (Å²) in [7, 11) is 1.49. The molecule has 1 saturated heterocycles. The molecule has 5 atom stereocenters. The summed E-state index contributed by atoms with van der Waals surface area (Å²) in [6.45, 7) is 9.55. The van der Waals surface area contributed by atoms with Gasteiger partial charge in [-0.25, -0.2) is 4.79 Å². The molecule has 10 heteroatoms. The van der Waals surface area contributed by atoms with Gasteiger partial charge in [0.25, 0.3) is 0 Å². The van der Waals surface area contributed by atoms with E-state index in [2.05, 4.69) is 5.32 Å². The van der Waals surface area contributed by atoms with Crippen LogP contribution < -0.4 is 14.8 Å². The van der Waals surface area contributed by atoms with Crippen molar-refractivity contribution >= 4 is 18.0 Å². The monoisotopic (exact) mass is 547 g/mol. The van der Waals surface area contributed by atoms with Gasteiger partial charge in [0, 0.05) is 32.6 Å². The molecule has 1 amide bonds. The zero-order valence-electron chi connectivity index (χ0n) is 23.6. The minimum atomic E-state index is -0.891. The van der Waals surface area contributed by atoms with Crippen molar-refractivity contribution in [3.63, 3.8) is 0 Å². The zero-order valence-corrected chi connectivity index (χ0v) is 23.6. The molecule has 0 radical (unpaired) electrons. The lowest BCUT2D eigenvalue weighted by Crippen LogP contribution is -2.34. The van der Waals surface area contributed by atoms with Crippen LogP contribution in [0.1, 0.15) is 63.4 Å². The summed E-state index contributed by atoms with van der Waals surface area (Å²) in [5.74, 6) is -0.939. The Balaban J connectivity index is 1.98. The Kier molecular flexibility index (Phi) is 10.9. The molecule has 2 N–H and O–H groups in total. The largest absolute Gasteiger partial charge is 0.493 e. The molecule has 39 heavy (non-hydrogen) atoms. The topological polar surface area (TPSA) is 122 Å². The van der Waals surface area contributed by atoms with Gasteiger partial charge in [0.15, 0.2) is 12.6 Å². The number of benzene rings is 1. The molecule has 216 valence electrons. The van der Waals surface area contributed by atoms with E-state index in [0.717, 1.165) is 0 Å². The summed E-state index contributed by atoms with van der Waals surface area (Å²) in [6.07, 6.45) is 5.82. The number of rotatable bonds is 8. The van der Waals surface area contributed by atoms with Gasteiger partial charge in [-0.2, -0.15) is 0 Å². The number of ether oxygens (including phenoxy) is 6. The number of aliphatic hydroxyl groups excluding tert-OH is 1. The maximum absolute atomic E-state index is 13.4. The average Bonchev–Trinajstić information content (AvgIpc) is 3.18. The molecule has 2 aliphatic rings. The van der Waals surface area contributed by atoms with E-state index in [-0.39, 0.29) is 29.9 Å². The molecule has 0 aromatic heterocycles. The van der Waals surface area contributed by atoms with Crippen molar-refractivity contribution in [3.05, 3.63) is 41.5 Å². The molecule has 0 saturated carbocycles. The number of cyclic esters (lactones) is 1. The van der Waals surface area contributed by atoms with Crippen LogP contribution in [0.5, 0.6) is 11.5 Å². The van der Waals surface area contributed by atoms with Gasteiger partial charge in [-0.15, -0.1) is 0 Å². The Morgan fingerprint density at radius 3 is 2.67 bits per heavy atom. The Morgan fingerprint density at radius 1 is 1.18 bits per heavy atom. The van der Waals surface area contributed by atoms with Gasteiger partial charge < -0.3 is 38.8 Å². The van der Waals surface area contributed by atoms with E-state index in [1.54, 1.807) is 31.2 Å². The van der Waals surface area contributed by atoms with Gasteiger partial charge in [0.05, 0.1) is 12.7 Å².